The molecule has 1 heterocycles. The van der Waals surface area contributed by atoms with Gasteiger partial charge in [-0.2, -0.15) is 0 Å². The molecule has 1 N–H and O–H groups in total. The number of hydrogen-bond acceptors (Lipinski definition) is 3. The molecule has 0 saturated heterocycles. The maximum atomic E-state index is 6.08. The molecule has 19 heavy (non-hydrogen) atoms. The number of nitrogens with one attached hydrogen (secondary N) is 1. The molecule has 0 amide bonds. The van der Waals surface area contributed by atoms with Gasteiger partial charge in [-0.25, -0.2) is 0 Å². The van der Waals surface area contributed by atoms with E-state index < -0.39 is 0 Å². The third kappa shape index (κ3) is 3.52. The van der Waals surface area contributed by atoms with Crippen LogP contribution in [0.3, 0.4) is 0 Å². The van der Waals surface area contributed by atoms with Crippen molar-refractivity contribution in [1.29, 1.82) is 0 Å². The molecule has 0 unspecified atom stereocenters. The van der Waals surface area contributed by atoms with Crippen LogP contribution >= 0.6 is 11.6 Å². The van der Waals surface area contributed by atoms with Crippen molar-refractivity contribution in [3.63, 3.8) is 0 Å². The van der Waals surface area contributed by atoms with Crippen LogP contribution < -0.4 is 10.1 Å². The Morgan fingerprint density at radius 2 is 2.11 bits per heavy atom. The molecule has 1 aromatic heterocycles. The Hall–Kier alpha value is -1.45. The minimum absolute atomic E-state index is 0.498. The van der Waals surface area contributed by atoms with Gasteiger partial charge in [-0.1, -0.05) is 18.5 Å². The predicted molar refractivity (Wildman–Crippen MR) is 76.6 cm³/mol. The van der Waals surface area contributed by atoms with E-state index in [-0.39, 0.29) is 0 Å². The van der Waals surface area contributed by atoms with Gasteiger partial charge < -0.3 is 14.5 Å². The van der Waals surface area contributed by atoms with Gasteiger partial charge in [0, 0.05) is 10.6 Å². The van der Waals surface area contributed by atoms with E-state index in [1.54, 1.807) is 6.26 Å². The van der Waals surface area contributed by atoms with Crippen molar-refractivity contribution in [2.75, 3.05) is 7.05 Å². The molecule has 102 valence electrons. The Morgan fingerprint density at radius 3 is 2.84 bits per heavy atom. The second-order valence-corrected chi connectivity index (χ2v) is 4.70. The van der Waals surface area contributed by atoms with Crippen molar-refractivity contribution in [1.82, 2.24) is 5.32 Å². The summed E-state index contributed by atoms with van der Waals surface area (Å²) in [4.78, 5) is 0. The van der Waals surface area contributed by atoms with Crippen LogP contribution in [0.5, 0.6) is 5.75 Å². The lowest BCUT2D eigenvalue weighted by molar-refractivity contribution is 0.301. The van der Waals surface area contributed by atoms with E-state index in [4.69, 9.17) is 20.8 Å². The number of aryl methyl sites for hydroxylation is 1. The van der Waals surface area contributed by atoms with Crippen LogP contribution in [0.15, 0.2) is 34.9 Å². The molecule has 0 aliphatic heterocycles. The number of rotatable bonds is 6. The van der Waals surface area contributed by atoms with Gasteiger partial charge >= 0.3 is 0 Å². The van der Waals surface area contributed by atoms with Crippen molar-refractivity contribution in [2.24, 2.45) is 0 Å². The predicted octanol–water partition coefficient (Wildman–Crippen LogP) is 3.79. The number of ether oxygens (including phenoxy) is 1. The summed E-state index contributed by atoms with van der Waals surface area (Å²) in [5.74, 6) is 1.74. The maximum Gasteiger partial charge on any atom is 0.124 e. The zero-order valence-corrected chi connectivity index (χ0v) is 12.0. The Kier molecular flexibility index (Phi) is 4.88. The average molecular weight is 280 g/mol. The fourth-order valence-electron chi connectivity index (χ4n) is 1.88. The first-order valence-corrected chi connectivity index (χ1v) is 6.73. The van der Waals surface area contributed by atoms with Gasteiger partial charge in [0.25, 0.3) is 0 Å². The minimum Gasteiger partial charge on any atom is -0.489 e. The number of benzene rings is 1. The SMILES string of the molecule is CCc1cc(OCc2ccoc2CNC)ccc1Cl. The standard InChI is InChI=1S/C15H18ClNO2/c1-3-11-8-13(4-5-14(11)16)19-10-12-6-7-18-15(12)9-17-2/h4-8,17H,3,9-10H2,1-2H3. The topological polar surface area (TPSA) is 34.4 Å². The molecule has 0 radical (unpaired) electrons. The third-order valence-electron chi connectivity index (χ3n) is 2.97. The van der Waals surface area contributed by atoms with Gasteiger partial charge in [0.15, 0.2) is 0 Å². The molecule has 0 bridgehead atoms. The molecule has 4 heteroatoms. The monoisotopic (exact) mass is 279 g/mol. The Balaban J connectivity index is 2.04. The summed E-state index contributed by atoms with van der Waals surface area (Å²) in [5, 5.41) is 3.85. The van der Waals surface area contributed by atoms with Crippen LogP contribution in [-0.2, 0) is 19.6 Å². The highest BCUT2D eigenvalue weighted by molar-refractivity contribution is 6.31. The summed E-state index contributed by atoms with van der Waals surface area (Å²) in [7, 11) is 1.89. The molecule has 0 spiro atoms. The fourth-order valence-corrected chi connectivity index (χ4v) is 2.14. The molecule has 0 saturated carbocycles. The number of furan rings is 1. The van der Waals surface area contributed by atoms with Crippen LogP contribution in [0, 0.1) is 0 Å². The van der Waals surface area contributed by atoms with Gasteiger partial charge in [0.05, 0.1) is 12.8 Å². The largest absolute Gasteiger partial charge is 0.489 e. The first-order chi connectivity index (χ1) is 9.24. The minimum atomic E-state index is 0.498. The first-order valence-electron chi connectivity index (χ1n) is 6.35. The molecule has 2 rings (SSSR count). The highest BCUT2D eigenvalue weighted by Gasteiger charge is 2.07. The van der Waals surface area contributed by atoms with Gasteiger partial charge in [-0.05, 0) is 43.3 Å². The van der Waals surface area contributed by atoms with E-state index in [9.17, 15) is 0 Å². The first kappa shape index (κ1) is 14.0. The Labute approximate surface area is 118 Å². The van der Waals surface area contributed by atoms with Crippen molar-refractivity contribution in [3.05, 3.63) is 52.4 Å². The zero-order valence-electron chi connectivity index (χ0n) is 11.2. The fraction of sp³-hybridized carbons (Fsp3) is 0.333. The van der Waals surface area contributed by atoms with Crippen molar-refractivity contribution < 1.29 is 9.15 Å². The van der Waals surface area contributed by atoms with Crippen LogP contribution in [0.4, 0.5) is 0 Å². The summed E-state index contributed by atoms with van der Waals surface area (Å²) in [6.07, 6.45) is 2.58. The van der Waals surface area contributed by atoms with E-state index in [0.29, 0.717) is 13.2 Å². The molecule has 3 nitrogen and oxygen atoms in total. The normalized spacial score (nSPS) is 10.7. The molecule has 0 atom stereocenters. The van der Waals surface area contributed by atoms with E-state index in [2.05, 4.69) is 12.2 Å². The lowest BCUT2D eigenvalue weighted by Gasteiger charge is -2.09. The molecule has 1 aromatic carbocycles. The zero-order chi connectivity index (χ0) is 13.7. The van der Waals surface area contributed by atoms with Gasteiger partial charge in [-0.15, -0.1) is 0 Å². The lowest BCUT2D eigenvalue weighted by atomic mass is 10.1. The van der Waals surface area contributed by atoms with Crippen molar-refractivity contribution in [2.45, 2.75) is 26.5 Å². The number of hydrogen-bond donors (Lipinski definition) is 1. The maximum absolute atomic E-state index is 6.08. The molecule has 0 aliphatic rings. The van der Waals surface area contributed by atoms with Gasteiger partial charge in [0.1, 0.15) is 18.1 Å². The lowest BCUT2D eigenvalue weighted by Crippen LogP contribution is -2.07. The molecule has 2 aromatic rings. The molecular formula is C15H18ClNO2. The van der Waals surface area contributed by atoms with E-state index in [1.807, 2.05) is 31.3 Å². The summed E-state index contributed by atoms with van der Waals surface area (Å²) >= 11 is 6.08. The van der Waals surface area contributed by atoms with Crippen LogP contribution in [0.25, 0.3) is 0 Å². The van der Waals surface area contributed by atoms with E-state index in [1.165, 1.54) is 0 Å². The Morgan fingerprint density at radius 1 is 1.26 bits per heavy atom. The highest BCUT2D eigenvalue weighted by atomic mass is 35.5. The van der Waals surface area contributed by atoms with E-state index in [0.717, 1.165) is 34.1 Å². The quantitative estimate of drug-likeness (QED) is 0.873. The molecule has 0 aliphatic carbocycles. The summed E-state index contributed by atoms with van der Waals surface area (Å²) in [5.41, 5.74) is 2.16. The summed E-state index contributed by atoms with van der Waals surface area (Å²) in [6.45, 7) is 3.27. The van der Waals surface area contributed by atoms with Gasteiger partial charge in [0.2, 0.25) is 0 Å². The van der Waals surface area contributed by atoms with Crippen molar-refractivity contribution >= 4 is 11.6 Å². The van der Waals surface area contributed by atoms with Crippen molar-refractivity contribution in [3.8, 4) is 5.75 Å². The Bertz CT molecular complexity index is 537. The molecular weight excluding hydrogens is 262 g/mol. The summed E-state index contributed by atoms with van der Waals surface area (Å²) < 4.78 is 11.2. The summed E-state index contributed by atoms with van der Waals surface area (Å²) in [6, 6.07) is 7.68. The molecule has 0 fully saturated rings. The highest BCUT2D eigenvalue weighted by Crippen LogP contribution is 2.23. The van der Waals surface area contributed by atoms with Crippen LogP contribution in [0.1, 0.15) is 23.8 Å². The average Bonchev–Trinajstić information content (AvgIpc) is 2.86. The number of halogens is 1. The van der Waals surface area contributed by atoms with Crippen LogP contribution in [0.2, 0.25) is 5.02 Å². The smallest absolute Gasteiger partial charge is 0.124 e. The van der Waals surface area contributed by atoms with Crippen LogP contribution in [-0.4, -0.2) is 7.05 Å². The third-order valence-corrected chi connectivity index (χ3v) is 3.34. The second kappa shape index (κ2) is 6.64. The second-order valence-electron chi connectivity index (χ2n) is 4.29. The van der Waals surface area contributed by atoms with E-state index >= 15 is 0 Å². The van der Waals surface area contributed by atoms with Gasteiger partial charge in [-0.3, -0.25) is 0 Å².